The Labute approximate surface area is 186 Å². The molecule has 2 aliphatic rings. The van der Waals surface area contributed by atoms with Crippen LogP contribution < -0.4 is 9.80 Å². The first kappa shape index (κ1) is 21.1. The van der Waals surface area contributed by atoms with Gasteiger partial charge in [0.2, 0.25) is 0 Å². The zero-order valence-corrected chi connectivity index (χ0v) is 19.4. The van der Waals surface area contributed by atoms with E-state index in [4.69, 9.17) is 11.6 Å². The van der Waals surface area contributed by atoms with Gasteiger partial charge in [-0.05, 0) is 62.9 Å². The molecule has 2 saturated heterocycles. The molecular weight excluding hydrogens is 392 g/mol. The first-order valence-corrected chi connectivity index (χ1v) is 11.2. The number of likely N-dealkylation sites (N-methyl/N-ethyl adjacent to an activating group) is 2. The molecular formula is C25H33ClN4. The zero-order chi connectivity index (χ0) is 21.3. The van der Waals surface area contributed by atoms with Crippen molar-refractivity contribution in [3.63, 3.8) is 0 Å². The Morgan fingerprint density at radius 3 is 2.27 bits per heavy atom. The SMILES string of the molecule is CN1CCN(c2ccccc2C=C2CN(c3ccc(Cl)cc3)C(C)(C)CN2C)CC1. The zero-order valence-electron chi connectivity index (χ0n) is 18.6. The van der Waals surface area contributed by atoms with Crippen LogP contribution in [0.25, 0.3) is 6.08 Å². The van der Waals surface area contributed by atoms with Gasteiger partial charge >= 0.3 is 0 Å². The molecule has 2 aromatic carbocycles. The summed E-state index contributed by atoms with van der Waals surface area (Å²) in [5.74, 6) is 0. The van der Waals surface area contributed by atoms with Gasteiger partial charge in [-0.25, -0.2) is 0 Å². The molecule has 0 aromatic heterocycles. The summed E-state index contributed by atoms with van der Waals surface area (Å²) in [6.45, 7) is 10.9. The molecule has 0 unspecified atom stereocenters. The lowest BCUT2D eigenvalue weighted by molar-refractivity contribution is 0.268. The molecule has 2 aromatic rings. The number of nitrogens with zero attached hydrogens (tertiary/aromatic N) is 4. The van der Waals surface area contributed by atoms with Crippen molar-refractivity contribution in [1.82, 2.24) is 9.80 Å². The fourth-order valence-electron chi connectivity index (χ4n) is 4.61. The van der Waals surface area contributed by atoms with E-state index in [1.54, 1.807) is 0 Å². The van der Waals surface area contributed by atoms with E-state index in [1.165, 1.54) is 22.6 Å². The predicted molar refractivity (Wildman–Crippen MR) is 130 cm³/mol. The van der Waals surface area contributed by atoms with Crippen molar-refractivity contribution in [3.05, 3.63) is 64.8 Å². The van der Waals surface area contributed by atoms with E-state index in [9.17, 15) is 0 Å². The Morgan fingerprint density at radius 2 is 1.57 bits per heavy atom. The minimum atomic E-state index is 0.0386. The van der Waals surface area contributed by atoms with Crippen molar-refractivity contribution in [2.45, 2.75) is 19.4 Å². The third kappa shape index (κ3) is 4.45. The van der Waals surface area contributed by atoms with Crippen LogP contribution in [0, 0.1) is 0 Å². The summed E-state index contributed by atoms with van der Waals surface area (Å²) in [7, 11) is 4.42. The molecule has 2 fully saturated rings. The van der Waals surface area contributed by atoms with Gasteiger partial charge < -0.3 is 19.6 Å². The molecule has 0 spiro atoms. The van der Waals surface area contributed by atoms with Crippen LogP contribution in [0.1, 0.15) is 19.4 Å². The van der Waals surface area contributed by atoms with Crippen molar-refractivity contribution in [1.29, 1.82) is 0 Å². The summed E-state index contributed by atoms with van der Waals surface area (Å²) in [5.41, 5.74) is 5.24. The lowest BCUT2D eigenvalue weighted by atomic mass is 9.96. The van der Waals surface area contributed by atoms with Crippen molar-refractivity contribution in [3.8, 4) is 0 Å². The maximum Gasteiger partial charge on any atom is 0.0585 e. The van der Waals surface area contributed by atoms with Crippen molar-refractivity contribution < 1.29 is 0 Å². The van der Waals surface area contributed by atoms with Crippen molar-refractivity contribution in [2.24, 2.45) is 0 Å². The third-order valence-electron chi connectivity index (χ3n) is 6.41. The van der Waals surface area contributed by atoms with E-state index in [0.29, 0.717) is 0 Å². The molecule has 160 valence electrons. The molecule has 4 nitrogen and oxygen atoms in total. The van der Waals surface area contributed by atoms with Crippen LogP contribution in [0.2, 0.25) is 5.02 Å². The van der Waals surface area contributed by atoms with E-state index in [2.05, 4.69) is 90.0 Å². The molecule has 0 N–H and O–H groups in total. The molecule has 0 bridgehead atoms. The van der Waals surface area contributed by atoms with Gasteiger partial charge in [-0.3, -0.25) is 0 Å². The van der Waals surface area contributed by atoms with E-state index in [-0.39, 0.29) is 5.54 Å². The highest BCUT2D eigenvalue weighted by atomic mass is 35.5. The normalized spacial score (nSPS) is 21.4. The van der Waals surface area contributed by atoms with Gasteiger partial charge in [-0.15, -0.1) is 0 Å². The number of benzene rings is 2. The lowest BCUT2D eigenvalue weighted by Crippen LogP contribution is -2.57. The largest absolute Gasteiger partial charge is 0.374 e. The Bertz CT molecular complexity index is 898. The topological polar surface area (TPSA) is 13.0 Å². The van der Waals surface area contributed by atoms with E-state index >= 15 is 0 Å². The quantitative estimate of drug-likeness (QED) is 0.710. The van der Waals surface area contributed by atoms with Gasteiger partial charge in [0.25, 0.3) is 0 Å². The third-order valence-corrected chi connectivity index (χ3v) is 6.66. The number of hydrogen-bond donors (Lipinski definition) is 0. The van der Waals surface area contributed by atoms with Gasteiger partial charge in [0.1, 0.15) is 0 Å². The molecule has 30 heavy (non-hydrogen) atoms. The first-order valence-electron chi connectivity index (χ1n) is 10.8. The van der Waals surface area contributed by atoms with Gasteiger partial charge in [0.05, 0.1) is 12.1 Å². The van der Waals surface area contributed by atoms with Gasteiger partial charge in [0.15, 0.2) is 0 Å². The average molecular weight is 425 g/mol. The predicted octanol–water partition coefficient (Wildman–Crippen LogP) is 4.66. The summed E-state index contributed by atoms with van der Waals surface area (Å²) in [5, 5.41) is 0.780. The lowest BCUT2D eigenvalue weighted by Gasteiger charge is -2.49. The Kier molecular flexibility index (Phi) is 5.99. The number of rotatable bonds is 3. The van der Waals surface area contributed by atoms with Gasteiger partial charge in [-0.1, -0.05) is 29.8 Å². The number of halogens is 1. The van der Waals surface area contributed by atoms with E-state index in [1.807, 2.05) is 12.1 Å². The highest BCUT2D eigenvalue weighted by molar-refractivity contribution is 6.30. The molecule has 0 atom stereocenters. The van der Waals surface area contributed by atoms with Crippen LogP contribution in [-0.4, -0.2) is 68.7 Å². The van der Waals surface area contributed by atoms with Crippen molar-refractivity contribution in [2.75, 3.05) is 63.2 Å². The van der Waals surface area contributed by atoms with E-state index < -0.39 is 0 Å². The highest BCUT2D eigenvalue weighted by Gasteiger charge is 2.34. The second-order valence-electron chi connectivity index (χ2n) is 9.22. The van der Waals surface area contributed by atoms with Crippen LogP contribution in [0.3, 0.4) is 0 Å². The van der Waals surface area contributed by atoms with Crippen LogP contribution in [0.15, 0.2) is 54.2 Å². The fraction of sp³-hybridized carbons (Fsp3) is 0.440. The Morgan fingerprint density at radius 1 is 0.900 bits per heavy atom. The van der Waals surface area contributed by atoms with Gasteiger partial charge in [0, 0.05) is 61.9 Å². The highest BCUT2D eigenvalue weighted by Crippen LogP contribution is 2.33. The summed E-state index contributed by atoms with van der Waals surface area (Å²) < 4.78 is 0. The van der Waals surface area contributed by atoms with Crippen LogP contribution in [0.4, 0.5) is 11.4 Å². The maximum absolute atomic E-state index is 6.14. The summed E-state index contributed by atoms with van der Waals surface area (Å²) >= 11 is 6.14. The molecule has 4 rings (SSSR count). The summed E-state index contributed by atoms with van der Waals surface area (Å²) in [4.78, 5) is 9.83. The second kappa shape index (κ2) is 8.52. The Balaban J connectivity index is 1.64. The molecule has 0 saturated carbocycles. The maximum atomic E-state index is 6.14. The van der Waals surface area contributed by atoms with E-state index in [0.717, 1.165) is 44.3 Å². The van der Waals surface area contributed by atoms with Crippen LogP contribution >= 0.6 is 11.6 Å². The number of anilines is 2. The molecule has 0 aliphatic carbocycles. The molecule has 2 aliphatic heterocycles. The Hall–Kier alpha value is -2.17. The molecule has 2 heterocycles. The smallest absolute Gasteiger partial charge is 0.0585 e. The second-order valence-corrected chi connectivity index (χ2v) is 9.65. The molecule has 0 radical (unpaired) electrons. The minimum absolute atomic E-state index is 0.0386. The van der Waals surface area contributed by atoms with Crippen molar-refractivity contribution >= 4 is 29.1 Å². The number of piperazine rings is 2. The summed E-state index contributed by atoms with van der Waals surface area (Å²) in [6.07, 6.45) is 2.38. The molecule has 5 heteroatoms. The average Bonchev–Trinajstić information content (AvgIpc) is 2.71. The number of hydrogen-bond acceptors (Lipinski definition) is 4. The fourth-order valence-corrected chi connectivity index (χ4v) is 4.73. The van der Waals surface area contributed by atoms with Crippen LogP contribution in [-0.2, 0) is 0 Å². The van der Waals surface area contributed by atoms with Crippen LogP contribution in [0.5, 0.6) is 0 Å². The standard InChI is InChI=1S/C25H33ClN4/c1-25(2)19-28(4)23(18-30(25)22-11-9-21(26)10-12-22)17-20-7-5-6-8-24(20)29-15-13-27(3)14-16-29/h5-12,17H,13-16,18-19H2,1-4H3. The van der Waals surface area contributed by atoms with Gasteiger partial charge in [-0.2, -0.15) is 0 Å². The first-order chi connectivity index (χ1) is 14.3. The molecule has 0 amide bonds. The summed E-state index contributed by atoms with van der Waals surface area (Å²) in [6, 6.07) is 17.0. The minimum Gasteiger partial charge on any atom is -0.374 e. The monoisotopic (exact) mass is 424 g/mol. The number of para-hydroxylation sites is 1.